The molecule has 2 amide bonds. The van der Waals surface area contributed by atoms with E-state index in [1.165, 1.54) is 26.0 Å². The topological polar surface area (TPSA) is 163 Å². The Morgan fingerprint density at radius 2 is 1.00 bits per heavy atom. The molecule has 3 rings (SSSR count). The molecule has 0 atom stereocenters. The largest absolute Gasteiger partial charge is 0.362 e. The van der Waals surface area contributed by atoms with Gasteiger partial charge in [-0.05, 0) is 24.3 Å². The normalized spacial score (nSPS) is 14.2. The van der Waals surface area contributed by atoms with Crippen molar-refractivity contribution in [3.05, 3.63) is 24.3 Å². The van der Waals surface area contributed by atoms with Crippen LogP contribution in [0.4, 0.5) is 11.4 Å². The monoisotopic (exact) mass is 546 g/mol. The van der Waals surface area contributed by atoms with Gasteiger partial charge in [0.2, 0.25) is 21.7 Å². The predicted octanol–water partition coefficient (Wildman–Crippen LogP) is 2.64. The van der Waals surface area contributed by atoms with Crippen LogP contribution >= 0.6 is 15.2 Å². The fraction of sp³-hybridized carbons (Fsp3) is 0.300. The first-order valence-electron chi connectivity index (χ1n) is 9.88. The summed E-state index contributed by atoms with van der Waals surface area (Å²) in [4.78, 5) is 23.1. The second-order valence-electron chi connectivity index (χ2n) is 7.32. The van der Waals surface area contributed by atoms with Crippen molar-refractivity contribution in [3.63, 3.8) is 0 Å². The van der Waals surface area contributed by atoms with Gasteiger partial charge in [-0.3, -0.25) is 18.7 Å². The van der Waals surface area contributed by atoms with Gasteiger partial charge in [0.05, 0.1) is 31.8 Å². The molecule has 0 radical (unpaired) electrons. The maximum Gasteiger partial charge on any atom is 0.362 e. The maximum absolute atomic E-state index is 13.5. The highest BCUT2D eigenvalue weighted by molar-refractivity contribution is 7.92. The molecule has 0 unspecified atom stereocenters. The SMILES string of the molecule is COP(=O)(OC)c1cc2c(cc1NC(C)=O)S(=O)(=O)c1cc(NC(C)=O)c(P(=O)(OC)OC)cc1-2. The van der Waals surface area contributed by atoms with E-state index in [4.69, 9.17) is 18.1 Å². The Labute approximate surface area is 202 Å². The number of anilines is 2. The first kappa shape index (κ1) is 27.2. The van der Waals surface area contributed by atoms with E-state index in [2.05, 4.69) is 10.6 Å². The number of sulfone groups is 1. The van der Waals surface area contributed by atoms with E-state index in [-0.39, 0.29) is 42.9 Å². The number of carbonyl (C=O) groups is 2. The molecule has 12 nitrogen and oxygen atoms in total. The molecular formula is C20H24N2O10P2S. The Morgan fingerprint density at radius 3 is 1.26 bits per heavy atom. The number of amides is 2. The summed E-state index contributed by atoms with van der Waals surface area (Å²) in [5, 5.41) is 4.73. The minimum absolute atomic E-state index is 0.0820. The summed E-state index contributed by atoms with van der Waals surface area (Å²) in [6, 6.07) is 4.83. The third kappa shape index (κ3) is 4.61. The second kappa shape index (κ2) is 9.59. The zero-order valence-corrected chi connectivity index (χ0v) is 22.3. The van der Waals surface area contributed by atoms with Crippen LogP contribution in [0.3, 0.4) is 0 Å². The van der Waals surface area contributed by atoms with Gasteiger partial charge in [0.15, 0.2) is 0 Å². The summed E-state index contributed by atoms with van der Waals surface area (Å²) in [7, 11) is -7.54. The fourth-order valence-corrected chi connectivity index (χ4v) is 7.89. The molecule has 0 bridgehead atoms. The van der Waals surface area contributed by atoms with Crippen LogP contribution in [0.15, 0.2) is 34.1 Å². The third-order valence-corrected chi connectivity index (χ3v) is 10.9. The van der Waals surface area contributed by atoms with E-state index in [9.17, 15) is 27.1 Å². The number of fused-ring (bicyclic) bond motifs is 3. The first-order valence-corrected chi connectivity index (χ1v) is 14.5. The Balaban J connectivity index is 2.45. The minimum atomic E-state index is -4.18. The average Bonchev–Trinajstić information content (AvgIpc) is 3.02. The van der Waals surface area contributed by atoms with E-state index in [0.29, 0.717) is 0 Å². The van der Waals surface area contributed by atoms with Crippen LogP contribution in [0.25, 0.3) is 11.1 Å². The smallest absolute Gasteiger partial charge is 0.325 e. The van der Waals surface area contributed by atoms with Crippen molar-refractivity contribution in [3.8, 4) is 11.1 Å². The molecule has 190 valence electrons. The molecule has 1 aliphatic rings. The van der Waals surface area contributed by atoms with Crippen molar-refractivity contribution in [2.75, 3.05) is 39.1 Å². The zero-order chi connectivity index (χ0) is 26.3. The Bertz CT molecular complexity index is 1320. The Kier molecular flexibility index (Phi) is 7.46. The van der Waals surface area contributed by atoms with Crippen LogP contribution in [-0.2, 0) is 46.7 Å². The van der Waals surface area contributed by atoms with Crippen molar-refractivity contribution in [2.45, 2.75) is 23.6 Å². The third-order valence-electron chi connectivity index (χ3n) is 5.24. The van der Waals surface area contributed by atoms with Gasteiger partial charge in [-0.15, -0.1) is 0 Å². The van der Waals surface area contributed by atoms with Crippen LogP contribution in [0.2, 0.25) is 0 Å². The quantitative estimate of drug-likeness (QED) is 0.402. The number of rotatable bonds is 8. The van der Waals surface area contributed by atoms with E-state index < -0.39 is 36.8 Å². The van der Waals surface area contributed by atoms with Crippen molar-refractivity contribution >= 4 is 58.8 Å². The summed E-state index contributed by atoms with van der Waals surface area (Å²) >= 11 is 0. The molecule has 35 heavy (non-hydrogen) atoms. The van der Waals surface area contributed by atoms with E-state index >= 15 is 0 Å². The maximum atomic E-state index is 13.5. The molecule has 0 spiro atoms. The fourth-order valence-electron chi connectivity index (χ4n) is 3.70. The lowest BCUT2D eigenvalue weighted by Gasteiger charge is -2.20. The lowest BCUT2D eigenvalue weighted by Crippen LogP contribution is -2.19. The van der Waals surface area contributed by atoms with Gasteiger partial charge >= 0.3 is 15.2 Å². The van der Waals surface area contributed by atoms with E-state index in [1.54, 1.807) is 0 Å². The Hall–Kier alpha value is -2.37. The second-order valence-corrected chi connectivity index (χ2v) is 13.6. The van der Waals surface area contributed by atoms with Crippen LogP contribution in [0.5, 0.6) is 0 Å². The van der Waals surface area contributed by atoms with Crippen molar-refractivity contribution in [2.24, 2.45) is 0 Å². The lowest BCUT2D eigenvalue weighted by molar-refractivity contribution is -0.115. The number of hydrogen-bond donors (Lipinski definition) is 2. The lowest BCUT2D eigenvalue weighted by atomic mass is 10.0. The van der Waals surface area contributed by atoms with Gasteiger partial charge in [0.1, 0.15) is 0 Å². The number of benzene rings is 2. The van der Waals surface area contributed by atoms with Crippen LogP contribution in [-0.4, -0.2) is 48.7 Å². The van der Waals surface area contributed by atoms with Crippen LogP contribution in [0, 0.1) is 0 Å². The molecule has 0 saturated carbocycles. The summed E-state index contributed by atoms with van der Waals surface area (Å²) in [6.07, 6.45) is 0. The minimum Gasteiger partial charge on any atom is -0.325 e. The summed E-state index contributed by atoms with van der Waals surface area (Å²) < 4.78 is 73.7. The van der Waals surface area contributed by atoms with Crippen molar-refractivity contribution < 1.29 is 45.2 Å². The van der Waals surface area contributed by atoms with Crippen LogP contribution < -0.4 is 21.2 Å². The highest BCUT2D eigenvalue weighted by atomic mass is 32.2. The predicted molar refractivity (Wildman–Crippen MR) is 128 cm³/mol. The van der Waals surface area contributed by atoms with E-state index in [1.807, 2.05) is 0 Å². The average molecular weight is 546 g/mol. The van der Waals surface area contributed by atoms with E-state index in [0.717, 1.165) is 40.6 Å². The summed E-state index contributed by atoms with van der Waals surface area (Å²) in [5.74, 6) is -1.09. The van der Waals surface area contributed by atoms with Crippen molar-refractivity contribution in [1.29, 1.82) is 0 Å². The molecule has 15 heteroatoms. The van der Waals surface area contributed by atoms with Gasteiger partial charge in [-0.2, -0.15) is 0 Å². The molecule has 0 aromatic heterocycles. The highest BCUT2D eigenvalue weighted by Crippen LogP contribution is 2.54. The van der Waals surface area contributed by atoms with Crippen LogP contribution in [0.1, 0.15) is 13.8 Å². The molecular weight excluding hydrogens is 522 g/mol. The van der Waals surface area contributed by atoms with Gasteiger partial charge in [-0.1, -0.05) is 0 Å². The molecule has 1 heterocycles. The number of hydrogen-bond acceptors (Lipinski definition) is 10. The molecule has 2 N–H and O–H groups in total. The standard InChI is InChI=1S/C20H24N2O10P2S/c1-11(23)21-15-9-19-13(7-17(15)33(25,29-3)30-4)14-8-18(34(26,31-5)32-6)16(22-12(2)24)10-20(14)35(19,27)28/h7-10H,1-6H3,(H,21,23)(H,22,24). The Morgan fingerprint density at radius 1 is 0.686 bits per heavy atom. The first-order chi connectivity index (χ1) is 16.3. The number of carbonyl (C=O) groups excluding carboxylic acids is 2. The molecule has 0 fully saturated rings. The molecule has 2 aromatic carbocycles. The highest BCUT2D eigenvalue weighted by Gasteiger charge is 2.40. The molecule has 1 aliphatic heterocycles. The zero-order valence-electron chi connectivity index (χ0n) is 19.7. The summed E-state index contributed by atoms with van der Waals surface area (Å²) in [6.45, 7) is 2.40. The summed E-state index contributed by atoms with van der Waals surface area (Å²) in [5.41, 5.74) is 0.0171. The molecule has 2 aromatic rings. The van der Waals surface area contributed by atoms with Gasteiger partial charge in [-0.25, -0.2) is 8.42 Å². The van der Waals surface area contributed by atoms with Crippen molar-refractivity contribution in [1.82, 2.24) is 0 Å². The van der Waals surface area contributed by atoms with Gasteiger partial charge < -0.3 is 28.7 Å². The number of nitrogens with one attached hydrogen (secondary N) is 2. The molecule has 0 aliphatic carbocycles. The van der Waals surface area contributed by atoms with Gasteiger partial charge in [0, 0.05) is 53.4 Å². The molecule has 0 saturated heterocycles. The van der Waals surface area contributed by atoms with Gasteiger partial charge in [0.25, 0.3) is 0 Å².